The Balaban J connectivity index is 0.00000210. The third-order valence-corrected chi connectivity index (χ3v) is 6.12. The number of hydrogen-bond donors (Lipinski definition) is 1. The normalized spacial score (nSPS) is 15.4. The maximum Gasteiger partial charge on any atom is 0.243 e. The van der Waals surface area contributed by atoms with Gasteiger partial charge in [0.15, 0.2) is 0 Å². The summed E-state index contributed by atoms with van der Waals surface area (Å²) in [6, 6.07) is 14.4. The van der Waals surface area contributed by atoms with Crippen molar-refractivity contribution in [3.05, 3.63) is 54.4 Å². The lowest BCUT2D eigenvalue weighted by Crippen LogP contribution is -3.00. The highest BCUT2D eigenvalue weighted by Crippen LogP contribution is 2.22. The van der Waals surface area contributed by atoms with Crippen molar-refractivity contribution in [3.63, 3.8) is 0 Å². The standard InChI is InChI=1S/C18H19N3O4S.ClH/c22-26(23,21-8-10-24-11-9-21)15-6-7-16-17(12-15)20-18(19-16)13-25-14-4-2-1-3-5-14;/h1-7,12H,8-11,13H2,(H,19,20);1H/p-1. The lowest BCUT2D eigenvalue weighted by atomic mass is 10.3. The second kappa shape index (κ2) is 8.26. The molecule has 2 heterocycles. The van der Waals surface area contributed by atoms with E-state index in [-0.39, 0.29) is 23.9 Å². The van der Waals surface area contributed by atoms with Crippen LogP contribution in [0.5, 0.6) is 5.75 Å². The van der Waals surface area contributed by atoms with E-state index in [0.717, 1.165) is 5.75 Å². The minimum Gasteiger partial charge on any atom is -1.00 e. The third-order valence-electron chi connectivity index (χ3n) is 4.23. The summed E-state index contributed by atoms with van der Waals surface area (Å²) in [5.41, 5.74) is 1.38. The van der Waals surface area contributed by atoms with E-state index in [1.807, 2.05) is 30.3 Å². The first kappa shape index (κ1) is 19.6. The van der Waals surface area contributed by atoms with Gasteiger partial charge in [0.25, 0.3) is 0 Å². The topological polar surface area (TPSA) is 84.5 Å². The molecule has 1 aliphatic heterocycles. The Morgan fingerprint density at radius 2 is 1.85 bits per heavy atom. The van der Waals surface area contributed by atoms with Gasteiger partial charge in [-0.1, -0.05) is 18.2 Å². The van der Waals surface area contributed by atoms with Crippen molar-refractivity contribution in [1.82, 2.24) is 14.3 Å². The Morgan fingerprint density at radius 1 is 1.11 bits per heavy atom. The molecule has 1 aliphatic rings. The van der Waals surface area contributed by atoms with E-state index < -0.39 is 10.0 Å². The molecule has 1 saturated heterocycles. The van der Waals surface area contributed by atoms with Crippen molar-refractivity contribution in [2.24, 2.45) is 0 Å². The molecule has 1 N–H and O–H groups in total. The van der Waals surface area contributed by atoms with Crippen LogP contribution in [0, 0.1) is 0 Å². The molecule has 2 aromatic carbocycles. The van der Waals surface area contributed by atoms with Crippen LogP contribution in [-0.2, 0) is 21.4 Å². The fourth-order valence-corrected chi connectivity index (χ4v) is 4.31. The number of imidazole rings is 1. The summed E-state index contributed by atoms with van der Waals surface area (Å²) in [4.78, 5) is 7.85. The van der Waals surface area contributed by atoms with E-state index in [1.54, 1.807) is 18.2 Å². The van der Waals surface area contributed by atoms with Gasteiger partial charge in [-0.25, -0.2) is 13.4 Å². The van der Waals surface area contributed by atoms with Crippen molar-refractivity contribution >= 4 is 21.1 Å². The number of hydrogen-bond acceptors (Lipinski definition) is 5. The number of nitrogens with one attached hydrogen (secondary N) is 1. The van der Waals surface area contributed by atoms with Crippen molar-refractivity contribution in [2.75, 3.05) is 26.3 Å². The second-order valence-electron chi connectivity index (χ2n) is 5.98. The SMILES string of the molecule is O=S(=O)(c1ccc2nc(COc3ccccc3)[nH]c2c1)N1CCOCC1.[Cl-]. The zero-order chi connectivity index (χ0) is 18.0. The second-order valence-corrected chi connectivity index (χ2v) is 7.92. The number of sulfonamides is 1. The number of halogens is 1. The highest BCUT2D eigenvalue weighted by molar-refractivity contribution is 7.89. The van der Waals surface area contributed by atoms with E-state index in [4.69, 9.17) is 9.47 Å². The summed E-state index contributed by atoms with van der Waals surface area (Å²) < 4.78 is 37.9. The molecule has 9 heteroatoms. The molecule has 0 saturated carbocycles. The van der Waals surface area contributed by atoms with Crippen LogP contribution < -0.4 is 17.1 Å². The van der Waals surface area contributed by atoms with Gasteiger partial charge in [0.2, 0.25) is 10.0 Å². The minimum atomic E-state index is -3.53. The number of aromatic amines is 1. The molecule has 0 atom stereocenters. The highest BCUT2D eigenvalue weighted by Gasteiger charge is 2.26. The first-order valence-corrected chi connectivity index (χ1v) is 9.81. The number of nitrogens with zero attached hydrogens (tertiary/aromatic N) is 2. The van der Waals surface area contributed by atoms with Crippen molar-refractivity contribution < 1.29 is 30.3 Å². The molecule has 0 spiro atoms. The first-order chi connectivity index (χ1) is 12.6. The quantitative estimate of drug-likeness (QED) is 0.595. The number of fused-ring (bicyclic) bond motifs is 1. The molecule has 4 rings (SSSR count). The predicted octanol–water partition coefficient (Wildman–Crippen LogP) is -0.833. The smallest absolute Gasteiger partial charge is 0.243 e. The Bertz CT molecular complexity index is 1000. The monoisotopic (exact) mass is 408 g/mol. The van der Waals surface area contributed by atoms with E-state index in [9.17, 15) is 8.42 Å². The average molecular weight is 409 g/mol. The zero-order valence-corrected chi connectivity index (χ0v) is 16.0. The zero-order valence-electron chi connectivity index (χ0n) is 14.5. The largest absolute Gasteiger partial charge is 1.00 e. The van der Waals surface area contributed by atoms with Crippen molar-refractivity contribution in [2.45, 2.75) is 11.5 Å². The number of para-hydroxylation sites is 1. The third kappa shape index (κ3) is 4.24. The van der Waals surface area contributed by atoms with E-state index >= 15 is 0 Å². The summed E-state index contributed by atoms with van der Waals surface area (Å²) in [5.74, 6) is 1.40. The fraction of sp³-hybridized carbons (Fsp3) is 0.278. The van der Waals surface area contributed by atoms with Crippen molar-refractivity contribution in [3.8, 4) is 5.75 Å². The fourth-order valence-electron chi connectivity index (χ4n) is 2.87. The molecule has 0 unspecified atom stereocenters. The van der Waals surface area contributed by atoms with Crippen LogP contribution in [0.15, 0.2) is 53.4 Å². The molecular formula is C18H19ClN3O4S-. The van der Waals surface area contributed by atoms with Crippen molar-refractivity contribution in [1.29, 1.82) is 0 Å². The molecule has 3 aromatic rings. The van der Waals surface area contributed by atoms with Gasteiger partial charge in [0.05, 0.1) is 29.1 Å². The van der Waals surface area contributed by atoms with Crippen LogP contribution in [-0.4, -0.2) is 49.0 Å². The van der Waals surface area contributed by atoms with Crippen LogP contribution in [0.25, 0.3) is 11.0 Å². The van der Waals surface area contributed by atoms with Crippen LogP contribution in [0.4, 0.5) is 0 Å². The molecule has 144 valence electrons. The predicted molar refractivity (Wildman–Crippen MR) is 96.4 cm³/mol. The summed E-state index contributed by atoms with van der Waals surface area (Å²) in [6.07, 6.45) is 0. The molecule has 1 aromatic heterocycles. The van der Waals surface area contributed by atoms with Gasteiger partial charge in [-0.15, -0.1) is 0 Å². The van der Waals surface area contributed by atoms with Gasteiger partial charge in [-0.05, 0) is 30.3 Å². The molecule has 1 fully saturated rings. The number of H-pyrrole nitrogens is 1. The molecule has 7 nitrogen and oxygen atoms in total. The number of rotatable bonds is 5. The Labute approximate surface area is 163 Å². The number of morpholine rings is 1. The van der Waals surface area contributed by atoms with Crippen LogP contribution >= 0.6 is 0 Å². The Hall–Kier alpha value is -2.13. The molecule has 0 radical (unpaired) electrons. The van der Waals surface area contributed by atoms with Gasteiger partial charge in [0, 0.05) is 13.1 Å². The molecule has 0 bridgehead atoms. The van der Waals surface area contributed by atoms with E-state index in [0.29, 0.717) is 43.2 Å². The molecule has 0 aliphatic carbocycles. The van der Waals surface area contributed by atoms with Gasteiger partial charge in [-0.3, -0.25) is 0 Å². The molecule has 27 heavy (non-hydrogen) atoms. The lowest BCUT2D eigenvalue weighted by molar-refractivity contribution is -0.00000857. The lowest BCUT2D eigenvalue weighted by Gasteiger charge is -2.25. The van der Waals surface area contributed by atoms with Gasteiger partial charge < -0.3 is 26.9 Å². The highest BCUT2D eigenvalue weighted by atomic mass is 35.5. The Morgan fingerprint density at radius 3 is 2.59 bits per heavy atom. The van der Waals surface area contributed by atoms with Gasteiger partial charge in [-0.2, -0.15) is 4.31 Å². The Kier molecular flexibility index (Phi) is 6.01. The van der Waals surface area contributed by atoms with Crippen LogP contribution in [0.3, 0.4) is 0 Å². The van der Waals surface area contributed by atoms with Gasteiger partial charge >= 0.3 is 0 Å². The average Bonchev–Trinajstić information content (AvgIpc) is 3.10. The molecular weight excluding hydrogens is 390 g/mol. The van der Waals surface area contributed by atoms with Crippen LogP contribution in [0.2, 0.25) is 0 Å². The number of aromatic nitrogens is 2. The van der Waals surface area contributed by atoms with Crippen LogP contribution in [0.1, 0.15) is 5.82 Å². The van der Waals surface area contributed by atoms with E-state index in [2.05, 4.69) is 9.97 Å². The summed E-state index contributed by atoms with van der Waals surface area (Å²) in [7, 11) is -3.53. The summed E-state index contributed by atoms with van der Waals surface area (Å²) in [6.45, 7) is 1.88. The molecule has 0 amide bonds. The maximum atomic E-state index is 12.8. The van der Waals surface area contributed by atoms with Gasteiger partial charge in [0.1, 0.15) is 18.2 Å². The summed E-state index contributed by atoms with van der Waals surface area (Å²) >= 11 is 0. The first-order valence-electron chi connectivity index (χ1n) is 8.37. The minimum absolute atomic E-state index is 0. The summed E-state index contributed by atoms with van der Waals surface area (Å²) in [5, 5.41) is 0. The number of ether oxygens (including phenoxy) is 2. The van der Waals surface area contributed by atoms with E-state index in [1.165, 1.54) is 4.31 Å². The maximum absolute atomic E-state index is 12.8. The number of benzene rings is 2.